The average Bonchev–Trinajstić information content (AvgIpc) is 3.16. The molecule has 0 bridgehead atoms. The molecule has 3 N–H and O–H groups in total. The fourth-order valence-corrected chi connectivity index (χ4v) is 5.52. The number of fused-ring (bicyclic) bond motifs is 1. The fourth-order valence-electron chi connectivity index (χ4n) is 3.42. The molecule has 0 saturated carbocycles. The zero-order valence-electron chi connectivity index (χ0n) is 18.2. The molecule has 0 saturated heterocycles. The summed E-state index contributed by atoms with van der Waals surface area (Å²) >= 11 is 3.24. The molecule has 0 aliphatic rings. The molecular weight excluding hydrogens is 469 g/mol. The van der Waals surface area contributed by atoms with Gasteiger partial charge in [-0.3, -0.25) is 9.80 Å². The maximum atomic E-state index is 12.8. The number of benzene rings is 2. The van der Waals surface area contributed by atoms with Gasteiger partial charge in [0.15, 0.2) is 0 Å². The number of hydrogen-bond donors (Lipinski definition) is 2. The molecule has 0 aliphatic heterocycles. The number of allylic oxidation sites excluding steroid dienone is 1. The van der Waals surface area contributed by atoms with Gasteiger partial charge in [-0.1, -0.05) is 19.9 Å². The largest absolute Gasteiger partial charge is 0.481 e. The van der Waals surface area contributed by atoms with E-state index in [-0.39, 0.29) is 12.3 Å². The number of hydrazine groups is 1. The number of rotatable bonds is 9. The molecule has 0 aliphatic carbocycles. The van der Waals surface area contributed by atoms with Crippen molar-refractivity contribution in [1.82, 2.24) is 0 Å². The Labute approximate surface area is 198 Å². The topological polar surface area (TPSA) is 66.6 Å². The Hall–Kier alpha value is -2.49. The van der Waals surface area contributed by atoms with Crippen LogP contribution in [-0.4, -0.2) is 16.8 Å². The number of nitrogens with zero attached hydrogens (tertiary/aromatic N) is 1. The van der Waals surface area contributed by atoms with Crippen LogP contribution in [0.25, 0.3) is 10.1 Å². The summed E-state index contributed by atoms with van der Waals surface area (Å²) < 4.78 is 39.4. The number of anilines is 1. The monoisotopic (exact) mass is 494 g/mol. The summed E-state index contributed by atoms with van der Waals surface area (Å²) in [5.41, 5.74) is 1.69. The molecule has 33 heavy (non-hydrogen) atoms. The molecule has 2 aromatic carbocycles. The minimum absolute atomic E-state index is 0.0166. The first-order valence-electron chi connectivity index (χ1n) is 10.3. The van der Waals surface area contributed by atoms with Crippen LogP contribution in [0.1, 0.15) is 31.4 Å². The highest BCUT2D eigenvalue weighted by Crippen LogP contribution is 2.33. The quantitative estimate of drug-likeness (QED) is 0.191. The van der Waals surface area contributed by atoms with Crippen molar-refractivity contribution in [3.05, 3.63) is 70.7 Å². The highest BCUT2D eigenvalue weighted by atomic mass is 32.2. The maximum absolute atomic E-state index is 12.8. The van der Waals surface area contributed by atoms with E-state index in [4.69, 9.17) is 10.9 Å². The van der Waals surface area contributed by atoms with E-state index in [1.54, 1.807) is 29.3 Å². The van der Waals surface area contributed by atoms with Gasteiger partial charge in [0.25, 0.3) is 0 Å². The smallest absolute Gasteiger partial charge is 0.416 e. The lowest BCUT2D eigenvalue weighted by Gasteiger charge is -2.20. The SMILES string of the molecule is CC/C(=C\N(N)c1ccc(C(F)(F)F)cc1)C(C)CSc1ccc2c(CC(=O)O)csc2c1. The Morgan fingerprint density at radius 2 is 1.94 bits per heavy atom. The minimum Gasteiger partial charge on any atom is -0.481 e. The van der Waals surface area contributed by atoms with E-state index in [2.05, 4.69) is 13.0 Å². The molecule has 0 amide bonds. The molecule has 1 heterocycles. The van der Waals surface area contributed by atoms with Crippen molar-refractivity contribution in [3.8, 4) is 0 Å². The van der Waals surface area contributed by atoms with Crippen molar-refractivity contribution in [2.24, 2.45) is 11.8 Å². The first kappa shape index (κ1) is 25.1. The van der Waals surface area contributed by atoms with Gasteiger partial charge >= 0.3 is 12.1 Å². The number of nitrogens with two attached hydrogens (primary N) is 1. The normalized spacial score (nSPS) is 13.3. The van der Waals surface area contributed by atoms with E-state index in [9.17, 15) is 18.0 Å². The molecule has 0 radical (unpaired) electrons. The van der Waals surface area contributed by atoms with Gasteiger partial charge in [-0.25, -0.2) is 5.84 Å². The summed E-state index contributed by atoms with van der Waals surface area (Å²) in [6.45, 7) is 4.12. The number of carboxylic acids is 1. The van der Waals surface area contributed by atoms with Crippen LogP contribution in [0.4, 0.5) is 18.9 Å². The van der Waals surface area contributed by atoms with E-state index in [1.807, 2.05) is 24.4 Å². The molecule has 3 rings (SSSR count). The van der Waals surface area contributed by atoms with Crippen LogP contribution in [0, 0.1) is 5.92 Å². The highest BCUT2D eigenvalue weighted by Gasteiger charge is 2.30. The Bertz CT molecular complexity index is 1140. The van der Waals surface area contributed by atoms with E-state index in [0.717, 1.165) is 50.4 Å². The number of carbonyl (C=O) groups is 1. The summed E-state index contributed by atoms with van der Waals surface area (Å²) in [6.07, 6.45) is -1.81. The number of carboxylic acid groups (broad SMARTS) is 1. The number of hydrogen-bond acceptors (Lipinski definition) is 5. The summed E-state index contributed by atoms with van der Waals surface area (Å²) in [5.74, 6) is 6.26. The molecular formula is C24H25F3N2O2S2. The molecule has 176 valence electrons. The van der Waals surface area contributed by atoms with Gasteiger partial charge in [-0.05, 0) is 70.6 Å². The second kappa shape index (κ2) is 10.6. The lowest BCUT2D eigenvalue weighted by molar-refractivity contribution is -0.138. The van der Waals surface area contributed by atoms with Crippen LogP contribution in [0.5, 0.6) is 0 Å². The molecule has 0 spiro atoms. The third-order valence-electron chi connectivity index (χ3n) is 5.31. The van der Waals surface area contributed by atoms with Crippen molar-refractivity contribution in [2.45, 2.75) is 37.8 Å². The van der Waals surface area contributed by atoms with Gasteiger partial charge in [0, 0.05) is 21.5 Å². The van der Waals surface area contributed by atoms with Gasteiger partial charge in [0.05, 0.1) is 17.7 Å². The Balaban J connectivity index is 1.66. The summed E-state index contributed by atoms with van der Waals surface area (Å²) in [6, 6.07) is 10.8. The summed E-state index contributed by atoms with van der Waals surface area (Å²) in [7, 11) is 0. The first-order valence-corrected chi connectivity index (χ1v) is 12.2. The Morgan fingerprint density at radius 3 is 2.55 bits per heavy atom. The average molecular weight is 495 g/mol. The van der Waals surface area contributed by atoms with Crippen LogP contribution < -0.4 is 10.9 Å². The van der Waals surface area contributed by atoms with Crippen molar-refractivity contribution >= 4 is 44.8 Å². The van der Waals surface area contributed by atoms with Gasteiger partial charge < -0.3 is 5.11 Å². The number of thioether (sulfide) groups is 1. The summed E-state index contributed by atoms with van der Waals surface area (Å²) in [5, 5.41) is 13.3. The highest BCUT2D eigenvalue weighted by molar-refractivity contribution is 7.99. The van der Waals surface area contributed by atoms with Gasteiger partial charge in [0.2, 0.25) is 0 Å². The minimum atomic E-state index is -4.38. The lowest BCUT2D eigenvalue weighted by Crippen LogP contribution is -2.26. The zero-order valence-corrected chi connectivity index (χ0v) is 19.9. The molecule has 1 aromatic heterocycles. The molecule has 9 heteroatoms. The second-order valence-electron chi connectivity index (χ2n) is 7.71. The van der Waals surface area contributed by atoms with Crippen LogP contribution >= 0.6 is 23.1 Å². The number of alkyl halides is 3. The van der Waals surface area contributed by atoms with E-state index >= 15 is 0 Å². The molecule has 3 aromatic rings. The van der Waals surface area contributed by atoms with Crippen molar-refractivity contribution in [2.75, 3.05) is 10.8 Å². The van der Waals surface area contributed by atoms with Crippen LogP contribution in [-0.2, 0) is 17.4 Å². The van der Waals surface area contributed by atoms with Gasteiger partial charge in [-0.15, -0.1) is 23.1 Å². The van der Waals surface area contributed by atoms with Crippen LogP contribution in [0.2, 0.25) is 0 Å². The Kier molecular flexibility index (Phi) is 8.10. The predicted octanol–water partition coefficient (Wildman–Crippen LogP) is 6.95. The van der Waals surface area contributed by atoms with Crippen molar-refractivity contribution in [3.63, 3.8) is 0 Å². The van der Waals surface area contributed by atoms with E-state index in [0.29, 0.717) is 5.69 Å². The zero-order chi connectivity index (χ0) is 24.2. The van der Waals surface area contributed by atoms with Crippen LogP contribution in [0.3, 0.4) is 0 Å². The third-order valence-corrected chi connectivity index (χ3v) is 7.56. The maximum Gasteiger partial charge on any atom is 0.416 e. The summed E-state index contributed by atoms with van der Waals surface area (Å²) in [4.78, 5) is 12.1. The van der Waals surface area contributed by atoms with Crippen LogP contribution in [0.15, 0.2) is 64.5 Å². The fraction of sp³-hybridized carbons (Fsp3) is 0.292. The lowest BCUT2D eigenvalue weighted by atomic mass is 10.0. The number of thiophene rings is 1. The van der Waals surface area contributed by atoms with Gasteiger partial charge in [-0.2, -0.15) is 13.2 Å². The molecule has 1 unspecified atom stereocenters. The Morgan fingerprint density at radius 1 is 1.24 bits per heavy atom. The first-order chi connectivity index (χ1) is 15.6. The number of aliphatic carboxylic acids is 1. The molecule has 4 nitrogen and oxygen atoms in total. The van der Waals surface area contributed by atoms with Gasteiger partial charge in [0.1, 0.15) is 0 Å². The number of halogens is 3. The second-order valence-corrected chi connectivity index (χ2v) is 9.72. The molecule has 1 atom stereocenters. The van der Waals surface area contributed by atoms with E-state index in [1.165, 1.54) is 17.1 Å². The van der Waals surface area contributed by atoms with E-state index < -0.39 is 17.7 Å². The predicted molar refractivity (Wildman–Crippen MR) is 130 cm³/mol. The standard InChI is InChI=1S/C24H25F3N2O2S2/c1-3-16(12-29(28)19-6-4-18(5-7-19)24(25,26)27)15(2)13-32-20-8-9-21-17(10-23(30)31)14-33-22(21)11-20/h4-9,11-12,14-15H,3,10,13,28H2,1-2H3,(H,30,31)/b16-12+. The van der Waals surface area contributed by atoms with Crippen molar-refractivity contribution in [1.29, 1.82) is 0 Å². The third kappa shape index (κ3) is 6.52. The molecule has 0 fully saturated rings. The van der Waals surface area contributed by atoms with Crippen molar-refractivity contribution < 1.29 is 23.1 Å².